The van der Waals surface area contributed by atoms with Crippen molar-refractivity contribution in [1.82, 2.24) is 10.0 Å². The van der Waals surface area contributed by atoms with Gasteiger partial charge in [0, 0.05) is 11.1 Å². The zero-order valence-corrected chi connectivity index (χ0v) is 23.8. The lowest BCUT2D eigenvalue weighted by atomic mass is 9.84. The van der Waals surface area contributed by atoms with E-state index in [1.54, 1.807) is 12.1 Å². The number of hydrogen-bond donors (Lipinski definition) is 0. The van der Waals surface area contributed by atoms with Gasteiger partial charge in [-0.25, -0.2) is 5.01 Å². The number of benzene rings is 2. The Hall–Kier alpha value is -1.78. The highest BCUT2D eigenvalue weighted by atomic mass is 35.5. The summed E-state index contributed by atoms with van der Waals surface area (Å²) in [5.74, 6) is -5.96. The summed E-state index contributed by atoms with van der Waals surface area (Å²) in [6, 6.07) is 11.3. The van der Waals surface area contributed by atoms with Gasteiger partial charge in [-0.05, 0) is 23.8 Å². The van der Waals surface area contributed by atoms with Crippen LogP contribution in [0.25, 0.3) is 0 Å². The Balaban J connectivity index is 1.64. The molecule has 2 bridgehead atoms. The predicted molar refractivity (Wildman–Crippen MR) is 144 cm³/mol. The number of amides is 3. The van der Waals surface area contributed by atoms with E-state index in [-0.39, 0.29) is 22.2 Å². The van der Waals surface area contributed by atoms with Crippen molar-refractivity contribution >= 4 is 105 Å². The second-order valence-corrected chi connectivity index (χ2v) is 12.5. The Morgan fingerprint density at radius 3 is 1.89 bits per heavy atom. The fraction of sp³-hybridized carbons (Fsp3) is 0.261. The van der Waals surface area contributed by atoms with Crippen LogP contribution in [-0.2, 0) is 16.1 Å². The van der Waals surface area contributed by atoms with Crippen molar-refractivity contribution < 1.29 is 19.3 Å². The maximum atomic E-state index is 13.9. The largest absolute Gasteiger partial charge is 0.282 e. The van der Waals surface area contributed by atoms with E-state index in [1.165, 1.54) is 30.3 Å². The van der Waals surface area contributed by atoms with Gasteiger partial charge in [-0.3, -0.25) is 24.5 Å². The average molecular weight is 659 g/mol. The van der Waals surface area contributed by atoms with Gasteiger partial charge in [-0.15, -0.1) is 23.2 Å². The molecule has 5 rings (SSSR count). The third-order valence-electron chi connectivity index (χ3n) is 6.94. The van der Waals surface area contributed by atoms with Crippen LogP contribution in [0.5, 0.6) is 0 Å². The van der Waals surface area contributed by atoms with Gasteiger partial charge in [-0.1, -0.05) is 82.3 Å². The fourth-order valence-electron chi connectivity index (χ4n) is 5.17. The highest BCUT2D eigenvalue weighted by Gasteiger charge is 2.88. The summed E-state index contributed by atoms with van der Waals surface area (Å²) in [5.41, 5.74) is -0.457. The molecule has 2 aromatic rings. The Morgan fingerprint density at radius 1 is 0.895 bits per heavy atom. The molecule has 0 spiro atoms. The maximum Gasteiger partial charge on any atom is 0.282 e. The van der Waals surface area contributed by atoms with E-state index in [4.69, 9.17) is 81.2 Å². The van der Waals surface area contributed by atoms with Gasteiger partial charge in [0.2, 0.25) is 0 Å². The molecule has 8 nitrogen and oxygen atoms in total. The zero-order valence-electron chi connectivity index (χ0n) is 18.5. The van der Waals surface area contributed by atoms with Crippen molar-refractivity contribution in [1.29, 1.82) is 0 Å². The van der Waals surface area contributed by atoms with Crippen LogP contribution in [0.2, 0.25) is 5.02 Å². The SMILES string of the molecule is O=C(c1ccccc1[N+](=O)[O-])N(Cc1ccc(Cl)cc1)N1C(=O)[C@H]2[C@H](C1=O)[C@@]1(Cl)C(Cl)=C(Cl)[C@@]2(Cl)C1(Cl)Cl. The van der Waals surface area contributed by atoms with Crippen LogP contribution in [0.1, 0.15) is 15.9 Å². The molecule has 1 saturated heterocycles. The first-order chi connectivity index (χ1) is 17.7. The molecule has 38 heavy (non-hydrogen) atoms. The predicted octanol–water partition coefficient (Wildman–Crippen LogP) is 6.25. The Morgan fingerprint density at radius 2 is 1.39 bits per heavy atom. The lowest BCUT2D eigenvalue weighted by Gasteiger charge is -2.37. The summed E-state index contributed by atoms with van der Waals surface area (Å²) >= 11 is 45.2. The number of halogens is 7. The second kappa shape index (κ2) is 9.13. The average Bonchev–Trinajstić information content (AvgIpc) is 3.26. The number of nitro benzene ring substituents is 1. The third kappa shape index (κ3) is 3.41. The third-order valence-corrected chi connectivity index (χ3v) is 11.4. The number of carbonyl (C=O) groups is 3. The molecule has 4 atom stereocenters. The lowest BCUT2D eigenvalue weighted by molar-refractivity contribution is -0.385. The molecular formula is C23H12Cl7N3O5. The van der Waals surface area contributed by atoms with Crippen LogP contribution >= 0.6 is 81.2 Å². The van der Waals surface area contributed by atoms with Gasteiger partial charge in [-0.2, -0.15) is 5.01 Å². The zero-order chi connectivity index (χ0) is 27.9. The summed E-state index contributed by atoms with van der Waals surface area (Å²) in [6.07, 6.45) is 0. The molecule has 0 radical (unpaired) electrons. The minimum absolute atomic E-state index is 0.292. The molecule has 1 saturated carbocycles. The summed E-state index contributed by atoms with van der Waals surface area (Å²) in [4.78, 5) is 48.3. The number of nitro groups is 1. The number of hydrogen-bond acceptors (Lipinski definition) is 5. The number of fused-ring (bicyclic) bond motifs is 5. The number of nitrogens with zero attached hydrogens (tertiary/aromatic N) is 3. The van der Waals surface area contributed by atoms with Gasteiger partial charge >= 0.3 is 0 Å². The second-order valence-electron chi connectivity index (χ2n) is 8.83. The van der Waals surface area contributed by atoms with E-state index in [0.717, 1.165) is 11.1 Å². The molecule has 15 heteroatoms. The molecule has 2 aliphatic carbocycles. The highest BCUT2D eigenvalue weighted by molar-refractivity contribution is 6.66. The standard InChI is InChI=1S/C23H12Cl7N3O5/c24-11-7-5-10(6-8-11)9-31(18(34)12-3-1-2-4-13(12)33(37)38)32-19(35)14-15(20(32)36)22(28)17(26)16(25)21(14,27)23(22,29)30/h1-8,14-15H,9H2/t14-,15-,21-,22-/m1/s1. The molecule has 3 amide bonds. The summed E-state index contributed by atoms with van der Waals surface area (Å²) in [5, 5.41) is 12.8. The molecule has 2 fully saturated rings. The summed E-state index contributed by atoms with van der Waals surface area (Å²) < 4.78 is -2.16. The first-order valence-electron chi connectivity index (χ1n) is 10.7. The highest BCUT2D eigenvalue weighted by Crippen LogP contribution is 2.77. The van der Waals surface area contributed by atoms with Gasteiger partial charge in [0.1, 0.15) is 15.3 Å². The van der Waals surface area contributed by atoms with Crippen LogP contribution in [0.3, 0.4) is 0 Å². The van der Waals surface area contributed by atoms with Crippen molar-refractivity contribution in [3.8, 4) is 0 Å². The number of carbonyl (C=O) groups excluding carboxylic acids is 3. The number of para-hydroxylation sites is 1. The minimum atomic E-state index is -2.16. The van der Waals surface area contributed by atoms with Crippen molar-refractivity contribution in [2.24, 2.45) is 11.8 Å². The van der Waals surface area contributed by atoms with Gasteiger partial charge in [0.15, 0.2) is 4.33 Å². The molecule has 1 heterocycles. The van der Waals surface area contributed by atoms with Crippen molar-refractivity contribution in [2.45, 2.75) is 20.6 Å². The molecule has 0 aromatic heterocycles. The monoisotopic (exact) mass is 655 g/mol. The number of alkyl halides is 4. The fourth-order valence-corrected chi connectivity index (χ4v) is 8.22. The van der Waals surface area contributed by atoms with Gasteiger partial charge in [0.05, 0.1) is 33.4 Å². The molecule has 1 aliphatic heterocycles. The van der Waals surface area contributed by atoms with Crippen LogP contribution in [0.15, 0.2) is 58.6 Å². The normalized spacial score (nSPS) is 29.2. The number of rotatable bonds is 5. The first-order valence-corrected chi connectivity index (χ1v) is 13.3. The van der Waals surface area contributed by atoms with Gasteiger partial charge < -0.3 is 0 Å². The Bertz CT molecular complexity index is 1420. The smallest absolute Gasteiger partial charge is 0.272 e. The first kappa shape index (κ1) is 27.8. The summed E-state index contributed by atoms with van der Waals surface area (Å²) in [7, 11) is 0. The molecule has 3 aliphatic rings. The topological polar surface area (TPSA) is 101 Å². The van der Waals surface area contributed by atoms with Crippen LogP contribution in [0.4, 0.5) is 5.69 Å². The molecular weight excluding hydrogens is 646 g/mol. The quantitative estimate of drug-likeness (QED) is 0.164. The van der Waals surface area contributed by atoms with Crippen LogP contribution < -0.4 is 0 Å². The van der Waals surface area contributed by atoms with Crippen LogP contribution in [0, 0.1) is 22.0 Å². The molecule has 0 unspecified atom stereocenters. The summed E-state index contributed by atoms with van der Waals surface area (Å²) in [6.45, 7) is -0.356. The van der Waals surface area contributed by atoms with E-state index < -0.39 is 54.2 Å². The van der Waals surface area contributed by atoms with Crippen molar-refractivity contribution in [2.75, 3.05) is 0 Å². The molecule has 2 aromatic carbocycles. The van der Waals surface area contributed by atoms with Crippen molar-refractivity contribution in [3.05, 3.63) is 84.9 Å². The van der Waals surface area contributed by atoms with Gasteiger partial charge in [0.25, 0.3) is 23.4 Å². The maximum absolute atomic E-state index is 13.9. The molecule has 0 N–H and O–H groups in total. The minimum Gasteiger partial charge on any atom is -0.272 e. The van der Waals surface area contributed by atoms with E-state index in [9.17, 15) is 24.5 Å². The number of allylic oxidation sites excluding steroid dienone is 2. The lowest BCUT2D eigenvalue weighted by Crippen LogP contribution is -2.55. The Kier molecular flexibility index (Phi) is 6.67. The van der Waals surface area contributed by atoms with E-state index in [1.807, 2.05) is 0 Å². The van der Waals surface area contributed by atoms with E-state index in [2.05, 4.69) is 0 Å². The van der Waals surface area contributed by atoms with E-state index >= 15 is 0 Å². The number of hydrazine groups is 1. The van der Waals surface area contributed by atoms with E-state index in [0.29, 0.717) is 15.6 Å². The number of imide groups is 1. The Labute approximate surface area is 250 Å². The molecule has 198 valence electrons. The van der Waals surface area contributed by atoms with Crippen LogP contribution in [-0.4, -0.2) is 46.7 Å². The van der Waals surface area contributed by atoms with Crippen molar-refractivity contribution in [3.63, 3.8) is 0 Å².